The van der Waals surface area contributed by atoms with E-state index < -0.39 is 5.82 Å². The lowest BCUT2D eigenvalue weighted by molar-refractivity contribution is -0.128. The van der Waals surface area contributed by atoms with Crippen LogP contribution in [-0.2, 0) is 4.79 Å². The number of methoxy groups -OCH3 is 1. The van der Waals surface area contributed by atoms with Gasteiger partial charge in [-0.05, 0) is 24.3 Å². The first-order valence-electron chi connectivity index (χ1n) is 10.4. The Labute approximate surface area is 185 Å². The molecule has 2 aromatic rings. The van der Waals surface area contributed by atoms with Gasteiger partial charge in [0.25, 0.3) is 5.91 Å². The smallest absolute Gasteiger partial charge is 0.254 e. The van der Waals surface area contributed by atoms with E-state index in [0.29, 0.717) is 31.0 Å². The number of ether oxygens (including phenoxy) is 1. The molecule has 2 fully saturated rings. The van der Waals surface area contributed by atoms with Crippen molar-refractivity contribution < 1.29 is 18.7 Å². The number of rotatable bonds is 6. The number of halogens is 1. The quantitative estimate of drug-likeness (QED) is 0.687. The Morgan fingerprint density at radius 3 is 2.61 bits per heavy atom. The Kier molecular flexibility index (Phi) is 6.77. The van der Waals surface area contributed by atoms with E-state index in [1.165, 1.54) is 12.1 Å². The lowest BCUT2D eigenvalue weighted by Gasteiger charge is -2.36. The third-order valence-electron chi connectivity index (χ3n) is 5.76. The summed E-state index contributed by atoms with van der Waals surface area (Å²) in [6, 6.07) is 13.7. The molecule has 2 aromatic carbocycles. The summed E-state index contributed by atoms with van der Waals surface area (Å²) in [6.45, 7) is 4.03. The van der Waals surface area contributed by atoms with Crippen LogP contribution in [0.3, 0.4) is 0 Å². The molecular formula is C23H26FN3O3S. The monoisotopic (exact) mass is 443 g/mol. The van der Waals surface area contributed by atoms with Crippen molar-refractivity contribution in [1.29, 1.82) is 0 Å². The highest BCUT2D eigenvalue weighted by Crippen LogP contribution is 2.42. The zero-order chi connectivity index (χ0) is 21.8. The topological polar surface area (TPSA) is 53.1 Å². The zero-order valence-corrected chi connectivity index (χ0v) is 18.3. The van der Waals surface area contributed by atoms with Crippen LogP contribution in [0, 0.1) is 5.82 Å². The standard InChI is InChI=1S/C23H26FN3O3S/c1-30-20-8-3-2-7-19(20)23-27(21(28)16-31-23)14-11-25-9-12-26(13-10-25)22(29)17-5-4-6-18(24)15-17/h2-8,15,23H,9-14,16H2,1H3. The molecule has 0 N–H and O–H groups in total. The van der Waals surface area contributed by atoms with Gasteiger partial charge in [-0.2, -0.15) is 0 Å². The van der Waals surface area contributed by atoms with Gasteiger partial charge in [-0.1, -0.05) is 24.3 Å². The molecule has 8 heteroatoms. The number of piperazine rings is 1. The fourth-order valence-electron chi connectivity index (χ4n) is 4.05. The summed E-state index contributed by atoms with van der Waals surface area (Å²) in [5.74, 6) is 0.868. The van der Waals surface area contributed by atoms with E-state index in [0.717, 1.165) is 30.9 Å². The molecule has 31 heavy (non-hydrogen) atoms. The minimum Gasteiger partial charge on any atom is -0.496 e. The molecule has 0 spiro atoms. The summed E-state index contributed by atoms with van der Waals surface area (Å²) < 4.78 is 18.9. The van der Waals surface area contributed by atoms with Crippen LogP contribution >= 0.6 is 11.8 Å². The molecule has 2 heterocycles. The molecule has 6 nitrogen and oxygen atoms in total. The Bertz CT molecular complexity index is 949. The first kappa shape index (κ1) is 21.6. The second-order valence-corrected chi connectivity index (χ2v) is 8.71. The van der Waals surface area contributed by atoms with Crippen molar-refractivity contribution in [3.63, 3.8) is 0 Å². The number of carbonyl (C=O) groups is 2. The maximum atomic E-state index is 13.4. The van der Waals surface area contributed by atoms with Gasteiger partial charge in [-0.3, -0.25) is 14.5 Å². The molecule has 0 radical (unpaired) electrons. The summed E-state index contributed by atoms with van der Waals surface area (Å²) in [4.78, 5) is 31.1. The van der Waals surface area contributed by atoms with E-state index in [-0.39, 0.29) is 17.2 Å². The summed E-state index contributed by atoms with van der Waals surface area (Å²) >= 11 is 1.63. The largest absolute Gasteiger partial charge is 0.496 e. The number of carbonyl (C=O) groups excluding carboxylic acids is 2. The van der Waals surface area contributed by atoms with Gasteiger partial charge in [-0.25, -0.2) is 4.39 Å². The first-order chi connectivity index (χ1) is 15.1. The third kappa shape index (κ3) is 4.85. The van der Waals surface area contributed by atoms with Crippen molar-refractivity contribution in [3.8, 4) is 5.75 Å². The van der Waals surface area contributed by atoms with E-state index in [1.807, 2.05) is 29.2 Å². The first-order valence-corrected chi connectivity index (χ1v) is 11.4. The molecule has 2 aliphatic rings. The summed E-state index contributed by atoms with van der Waals surface area (Å²) in [5, 5.41) is -0.0421. The molecule has 2 aliphatic heterocycles. The molecule has 0 aromatic heterocycles. The van der Waals surface area contributed by atoms with E-state index in [4.69, 9.17) is 4.74 Å². The molecule has 164 valence electrons. The minimum atomic E-state index is -0.401. The van der Waals surface area contributed by atoms with Gasteiger partial charge in [0.05, 0.1) is 12.9 Å². The molecular weight excluding hydrogens is 417 g/mol. The van der Waals surface area contributed by atoms with Gasteiger partial charge in [0.2, 0.25) is 5.91 Å². The molecule has 1 unspecified atom stereocenters. The van der Waals surface area contributed by atoms with Crippen LogP contribution in [0.25, 0.3) is 0 Å². The van der Waals surface area contributed by atoms with Crippen molar-refractivity contribution in [2.75, 3.05) is 52.1 Å². The number of benzene rings is 2. The van der Waals surface area contributed by atoms with E-state index >= 15 is 0 Å². The second-order valence-electron chi connectivity index (χ2n) is 7.64. The van der Waals surface area contributed by atoms with Crippen LogP contribution < -0.4 is 4.74 Å². The zero-order valence-electron chi connectivity index (χ0n) is 17.5. The highest BCUT2D eigenvalue weighted by molar-refractivity contribution is 8.00. The number of para-hydroxylation sites is 1. The van der Waals surface area contributed by atoms with Crippen LogP contribution in [-0.4, -0.2) is 78.6 Å². The third-order valence-corrected chi connectivity index (χ3v) is 7.00. The number of hydrogen-bond donors (Lipinski definition) is 0. The summed E-state index contributed by atoms with van der Waals surface area (Å²) in [7, 11) is 1.65. The number of thioether (sulfide) groups is 1. The predicted molar refractivity (Wildman–Crippen MR) is 119 cm³/mol. The Balaban J connectivity index is 1.32. The molecule has 0 saturated carbocycles. The van der Waals surface area contributed by atoms with Crippen molar-refractivity contribution in [2.45, 2.75) is 5.37 Å². The van der Waals surface area contributed by atoms with Crippen LogP contribution in [0.1, 0.15) is 21.3 Å². The average Bonchev–Trinajstić information content (AvgIpc) is 3.17. The van der Waals surface area contributed by atoms with Crippen molar-refractivity contribution >= 4 is 23.6 Å². The molecule has 0 bridgehead atoms. The molecule has 2 saturated heterocycles. The van der Waals surface area contributed by atoms with Crippen molar-refractivity contribution in [1.82, 2.24) is 14.7 Å². The fourth-order valence-corrected chi connectivity index (χ4v) is 5.30. The highest BCUT2D eigenvalue weighted by Gasteiger charge is 2.34. The summed E-state index contributed by atoms with van der Waals surface area (Å²) in [6.07, 6.45) is 0. The van der Waals surface area contributed by atoms with Gasteiger partial charge in [0.15, 0.2) is 0 Å². The van der Waals surface area contributed by atoms with Crippen molar-refractivity contribution in [2.24, 2.45) is 0 Å². The van der Waals surface area contributed by atoms with Gasteiger partial charge < -0.3 is 14.5 Å². The Morgan fingerprint density at radius 2 is 1.87 bits per heavy atom. The lowest BCUT2D eigenvalue weighted by Crippen LogP contribution is -2.50. The molecule has 1 atom stereocenters. The maximum Gasteiger partial charge on any atom is 0.254 e. The molecule has 4 rings (SSSR count). The van der Waals surface area contributed by atoms with Gasteiger partial charge >= 0.3 is 0 Å². The van der Waals surface area contributed by atoms with Gasteiger partial charge in [0.1, 0.15) is 16.9 Å². The number of hydrogen-bond acceptors (Lipinski definition) is 5. The normalized spacial score (nSPS) is 19.7. The van der Waals surface area contributed by atoms with E-state index in [1.54, 1.807) is 35.9 Å². The molecule has 2 amide bonds. The van der Waals surface area contributed by atoms with Crippen molar-refractivity contribution in [3.05, 3.63) is 65.5 Å². The number of nitrogens with zero attached hydrogens (tertiary/aromatic N) is 3. The fraction of sp³-hybridized carbons (Fsp3) is 0.391. The van der Waals surface area contributed by atoms with Crippen LogP contribution in [0.4, 0.5) is 4.39 Å². The lowest BCUT2D eigenvalue weighted by atomic mass is 10.1. The molecule has 0 aliphatic carbocycles. The average molecular weight is 444 g/mol. The maximum absolute atomic E-state index is 13.4. The Morgan fingerprint density at radius 1 is 1.10 bits per heavy atom. The Hall–Kier alpha value is -2.58. The predicted octanol–water partition coefficient (Wildman–Crippen LogP) is 2.87. The highest BCUT2D eigenvalue weighted by atomic mass is 32.2. The van der Waals surface area contributed by atoms with Crippen LogP contribution in [0.5, 0.6) is 5.75 Å². The van der Waals surface area contributed by atoms with Crippen LogP contribution in [0.15, 0.2) is 48.5 Å². The number of amides is 2. The van der Waals surface area contributed by atoms with Crippen LogP contribution in [0.2, 0.25) is 0 Å². The van der Waals surface area contributed by atoms with E-state index in [2.05, 4.69) is 4.90 Å². The van der Waals surface area contributed by atoms with Gasteiger partial charge in [0, 0.05) is 50.4 Å². The van der Waals surface area contributed by atoms with Gasteiger partial charge in [-0.15, -0.1) is 11.8 Å². The second kappa shape index (κ2) is 9.70. The SMILES string of the molecule is COc1ccccc1C1SCC(=O)N1CCN1CCN(C(=O)c2cccc(F)c2)CC1. The van der Waals surface area contributed by atoms with E-state index in [9.17, 15) is 14.0 Å². The summed E-state index contributed by atoms with van der Waals surface area (Å²) in [5.41, 5.74) is 1.40. The minimum absolute atomic E-state index is 0.0421.